The summed E-state index contributed by atoms with van der Waals surface area (Å²) in [5.41, 5.74) is 4.84. The van der Waals surface area contributed by atoms with Gasteiger partial charge in [-0.2, -0.15) is 12.6 Å². The number of carbonyl (C=O) groups excluding carboxylic acids is 3. The van der Waals surface area contributed by atoms with Crippen molar-refractivity contribution in [2.75, 3.05) is 33.4 Å². The molecule has 0 aliphatic rings. The number of aliphatic carboxylic acids is 1. The van der Waals surface area contributed by atoms with Crippen LogP contribution in [0.1, 0.15) is 13.8 Å². The summed E-state index contributed by atoms with van der Waals surface area (Å²) in [6.45, 7) is 3.83. The average Bonchev–Trinajstić information content (AvgIpc) is 2.21. The number of primary amides is 1. The molecule has 2 amide bonds. The minimum absolute atomic E-state index is 0.0436. The Bertz CT molecular complexity index is 357. The number of hydrogen-bond acceptors (Lipinski definition) is 6. The molecule has 0 rings (SSSR count). The van der Waals surface area contributed by atoms with Crippen molar-refractivity contribution >= 4 is 30.6 Å². The van der Waals surface area contributed by atoms with Crippen molar-refractivity contribution in [2.24, 2.45) is 5.73 Å². The molecule has 8 nitrogen and oxygen atoms in total. The van der Waals surface area contributed by atoms with Crippen LogP contribution in [-0.2, 0) is 14.3 Å². The summed E-state index contributed by atoms with van der Waals surface area (Å²) in [6, 6.07) is -0.985. The van der Waals surface area contributed by atoms with E-state index < -0.39 is 24.0 Å². The Kier molecular flexibility index (Phi) is 10.7. The number of likely N-dealkylation sites (N-methyl/N-ethyl adjacent to an activating group) is 1. The Morgan fingerprint density at radius 3 is 2.00 bits per heavy atom. The molecule has 0 aromatic rings. The van der Waals surface area contributed by atoms with Gasteiger partial charge in [0.1, 0.15) is 12.6 Å². The highest BCUT2D eigenvalue weighted by Crippen LogP contribution is 1.98. The molecule has 0 saturated heterocycles. The van der Waals surface area contributed by atoms with Crippen molar-refractivity contribution in [3.05, 3.63) is 0 Å². The van der Waals surface area contributed by atoms with Crippen molar-refractivity contribution in [3.63, 3.8) is 0 Å². The lowest BCUT2D eigenvalue weighted by Crippen LogP contribution is -2.48. The van der Waals surface area contributed by atoms with E-state index in [9.17, 15) is 19.5 Å². The number of carboxylic acids is 1. The van der Waals surface area contributed by atoms with Crippen LogP contribution in [0.25, 0.3) is 0 Å². The Balaban J connectivity index is 0. The number of nitrogens with zero attached hydrogens (tertiary/aromatic N) is 1. The predicted octanol–water partition coefficient (Wildman–Crippen LogP) is -1.65. The summed E-state index contributed by atoms with van der Waals surface area (Å²) in [7, 11) is 6.09. The lowest BCUT2D eigenvalue weighted by atomic mass is 10.3. The van der Waals surface area contributed by atoms with Gasteiger partial charge >= 0.3 is 6.09 Å². The third kappa shape index (κ3) is 16.5. The monoisotopic (exact) mass is 323 g/mol. The van der Waals surface area contributed by atoms with Gasteiger partial charge in [0.15, 0.2) is 0 Å². The van der Waals surface area contributed by atoms with Crippen molar-refractivity contribution < 1.29 is 28.7 Å². The topological polar surface area (TPSA) is 122 Å². The fourth-order valence-corrected chi connectivity index (χ4v) is 1.67. The predicted molar refractivity (Wildman–Crippen MR) is 79.5 cm³/mol. The Morgan fingerprint density at radius 1 is 1.33 bits per heavy atom. The van der Waals surface area contributed by atoms with Gasteiger partial charge in [0.05, 0.1) is 33.2 Å². The van der Waals surface area contributed by atoms with Crippen LogP contribution in [0.5, 0.6) is 0 Å². The van der Waals surface area contributed by atoms with E-state index in [4.69, 9.17) is 10.5 Å². The number of carboxylic acid groups (broad SMARTS) is 1. The molecule has 0 bridgehead atoms. The number of rotatable bonds is 6. The lowest BCUT2D eigenvalue weighted by Gasteiger charge is -2.26. The zero-order valence-electron chi connectivity index (χ0n) is 13.1. The molecule has 2 atom stereocenters. The summed E-state index contributed by atoms with van der Waals surface area (Å²) in [6.07, 6.45) is -0.821. The number of quaternary nitrogens is 1. The molecule has 0 aromatic heterocycles. The minimum atomic E-state index is -1.31. The molecule has 0 spiro atoms. The number of amides is 2. The van der Waals surface area contributed by atoms with E-state index in [2.05, 4.69) is 17.9 Å². The van der Waals surface area contributed by atoms with Crippen LogP contribution in [0.4, 0.5) is 4.79 Å². The normalized spacial score (nSPS) is 13.2. The van der Waals surface area contributed by atoms with Crippen LogP contribution >= 0.6 is 12.6 Å². The van der Waals surface area contributed by atoms with E-state index in [1.807, 2.05) is 28.1 Å². The van der Waals surface area contributed by atoms with Crippen molar-refractivity contribution in [2.45, 2.75) is 26.0 Å². The van der Waals surface area contributed by atoms with E-state index in [1.165, 1.54) is 6.92 Å². The Morgan fingerprint density at radius 2 is 1.81 bits per heavy atom. The molecule has 0 heterocycles. The number of hydrogen-bond donors (Lipinski definition) is 3. The van der Waals surface area contributed by atoms with Gasteiger partial charge in [-0.3, -0.25) is 4.79 Å². The molecule has 1 unspecified atom stereocenters. The number of nitrogens with two attached hydrogens (primary N) is 1. The molecule has 21 heavy (non-hydrogen) atoms. The van der Waals surface area contributed by atoms with Gasteiger partial charge in [-0.15, -0.1) is 0 Å². The van der Waals surface area contributed by atoms with Gasteiger partial charge in [0.25, 0.3) is 0 Å². The number of thiol groups is 1. The van der Waals surface area contributed by atoms with Crippen LogP contribution in [0.2, 0.25) is 0 Å². The van der Waals surface area contributed by atoms with Crippen LogP contribution in [0.3, 0.4) is 0 Å². The Hall–Kier alpha value is -1.48. The number of ether oxygens (including phenoxy) is 1. The molecule has 0 aromatic carbocycles. The summed E-state index contributed by atoms with van der Waals surface area (Å²) < 4.78 is 5.51. The third-order valence-electron chi connectivity index (χ3n) is 1.97. The minimum Gasteiger partial charge on any atom is -0.548 e. The van der Waals surface area contributed by atoms with Gasteiger partial charge in [-0.05, 0) is 6.92 Å². The second-order valence-electron chi connectivity index (χ2n) is 5.48. The first kappa shape index (κ1) is 21.8. The van der Waals surface area contributed by atoms with Gasteiger partial charge in [-0.25, -0.2) is 4.79 Å². The molecule has 0 fully saturated rings. The zero-order chi connectivity index (χ0) is 17.2. The highest BCUT2D eigenvalue weighted by atomic mass is 32.1. The van der Waals surface area contributed by atoms with E-state index in [-0.39, 0.29) is 11.9 Å². The molecule has 3 N–H and O–H groups in total. The van der Waals surface area contributed by atoms with Crippen LogP contribution < -0.4 is 16.2 Å². The summed E-state index contributed by atoms with van der Waals surface area (Å²) in [4.78, 5) is 30.7. The first-order chi connectivity index (χ1) is 9.38. The van der Waals surface area contributed by atoms with E-state index in [0.717, 1.165) is 11.0 Å². The van der Waals surface area contributed by atoms with Gasteiger partial charge in [0.2, 0.25) is 5.91 Å². The number of carbonyl (C=O) groups is 3. The molecule has 0 aliphatic heterocycles. The quantitative estimate of drug-likeness (QED) is 0.399. The molecule has 0 aliphatic carbocycles. The summed E-state index contributed by atoms with van der Waals surface area (Å²) >= 11 is 3.69. The fourth-order valence-electron chi connectivity index (χ4n) is 1.43. The first-order valence-corrected chi connectivity index (χ1v) is 6.87. The van der Waals surface area contributed by atoms with Gasteiger partial charge in [-0.1, -0.05) is 0 Å². The maximum atomic E-state index is 10.3. The highest BCUT2D eigenvalue weighted by Gasteiger charge is 2.15. The van der Waals surface area contributed by atoms with Crippen molar-refractivity contribution in [1.82, 2.24) is 5.32 Å². The maximum absolute atomic E-state index is 10.3. The Labute approximate surface area is 130 Å². The second kappa shape index (κ2) is 10.3. The molecule has 124 valence electrons. The van der Waals surface area contributed by atoms with Crippen molar-refractivity contribution in [1.29, 1.82) is 0 Å². The molecule has 9 heteroatoms. The first-order valence-electron chi connectivity index (χ1n) is 6.24. The summed E-state index contributed by atoms with van der Waals surface area (Å²) in [5.74, 6) is -1.67. The fraction of sp³-hybridized carbons (Fsp3) is 0.750. The van der Waals surface area contributed by atoms with Crippen LogP contribution in [0.15, 0.2) is 0 Å². The van der Waals surface area contributed by atoms with Crippen molar-refractivity contribution in [3.8, 4) is 0 Å². The second-order valence-corrected chi connectivity index (χ2v) is 5.84. The van der Waals surface area contributed by atoms with Crippen LogP contribution in [0, 0.1) is 0 Å². The maximum Gasteiger partial charge on any atom is 0.404 e. The lowest BCUT2D eigenvalue weighted by molar-refractivity contribution is -0.873. The molecule has 0 radical (unpaired) electrons. The van der Waals surface area contributed by atoms with Gasteiger partial charge in [0, 0.05) is 12.7 Å². The smallest absolute Gasteiger partial charge is 0.404 e. The molecular weight excluding hydrogens is 298 g/mol. The van der Waals surface area contributed by atoms with Gasteiger partial charge < -0.3 is 30.2 Å². The zero-order valence-corrected chi connectivity index (χ0v) is 14.0. The molecular formula is C12H25N3O5S. The average molecular weight is 323 g/mol. The van der Waals surface area contributed by atoms with Crippen LogP contribution in [-0.4, -0.2) is 68.0 Å². The largest absolute Gasteiger partial charge is 0.548 e. The standard InChI is InChI=1S/C7H16N2O2.C5H9NO3S/c1-6(11-7(8)10)5-9(2,3)4;1-3(7)6-4(2-10)5(8)9/h6H,5H2,1-4H3,(H-,8,10);4,10H,2H2,1H3,(H,6,7)(H,8,9)/t;4-/m.0/s1. The van der Waals surface area contributed by atoms with E-state index in [1.54, 1.807) is 0 Å². The third-order valence-corrected chi connectivity index (χ3v) is 2.33. The number of nitrogens with one attached hydrogen (secondary N) is 1. The van der Waals surface area contributed by atoms with E-state index in [0.29, 0.717) is 0 Å². The summed E-state index contributed by atoms with van der Waals surface area (Å²) in [5, 5.41) is 12.2. The molecule has 0 saturated carbocycles. The SMILES string of the molecule is CC(=O)N[C@@H](CS)C(=O)[O-].CC(C[N+](C)(C)C)OC(N)=O. The van der Waals surface area contributed by atoms with E-state index >= 15 is 0 Å². The highest BCUT2D eigenvalue weighted by molar-refractivity contribution is 7.80.